The molecular formula is C123H92N6. The van der Waals surface area contributed by atoms with E-state index in [0.717, 1.165) is 68.2 Å². The highest BCUT2D eigenvalue weighted by atomic mass is 15.2. The summed E-state index contributed by atoms with van der Waals surface area (Å²) in [6.45, 7) is 0. The lowest BCUT2D eigenvalue weighted by Gasteiger charge is -2.25. The van der Waals surface area contributed by atoms with Gasteiger partial charge in [0.05, 0.1) is 0 Å². The summed E-state index contributed by atoms with van der Waals surface area (Å²) in [5.74, 6) is 0. The Labute approximate surface area is 753 Å². The van der Waals surface area contributed by atoms with E-state index in [2.05, 4.69) is 554 Å². The fourth-order valence-electron chi connectivity index (χ4n) is 18.6. The molecule has 0 saturated heterocycles. The third kappa shape index (κ3) is 16.0. The van der Waals surface area contributed by atoms with E-state index in [9.17, 15) is 0 Å². The van der Waals surface area contributed by atoms with Gasteiger partial charge in [-0.05, 0) is 291 Å². The first-order valence-electron chi connectivity index (χ1n) is 44.2. The van der Waals surface area contributed by atoms with Gasteiger partial charge in [0.1, 0.15) is 0 Å². The van der Waals surface area contributed by atoms with Crippen LogP contribution in [0.4, 0.5) is 85.3 Å². The molecule has 0 spiro atoms. The predicted molar refractivity (Wildman–Crippen MR) is 554 cm³/mol. The molecule has 0 saturated carbocycles. The molecule has 0 aliphatic heterocycles. The van der Waals surface area contributed by atoms with Crippen molar-refractivity contribution >= 4 is 171 Å². The van der Waals surface area contributed by atoms with Gasteiger partial charge in [0.15, 0.2) is 0 Å². The van der Waals surface area contributed by atoms with Crippen molar-refractivity contribution in [2.45, 2.75) is 0 Å². The molecule has 23 aromatic rings. The highest BCUT2D eigenvalue weighted by Gasteiger charge is 2.21. The molecule has 6 heteroatoms. The van der Waals surface area contributed by atoms with E-state index in [0.29, 0.717) is 0 Å². The van der Waals surface area contributed by atoms with Crippen molar-refractivity contribution in [1.29, 1.82) is 0 Å². The number of benzene rings is 23. The molecule has 614 valence electrons. The van der Waals surface area contributed by atoms with Gasteiger partial charge in [-0.2, -0.15) is 0 Å². The molecule has 23 rings (SSSR count). The zero-order valence-electron chi connectivity index (χ0n) is 72.1. The van der Waals surface area contributed by atoms with Crippen LogP contribution in [-0.4, -0.2) is 21.1 Å². The molecule has 0 aliphatic carbocycles. The van der Waals surface area contributed by atoms with E-state index in [-0.39, 0.29) is 0 Å². The molecule has 0 fully saturated rings. The van der Waals surface area contributed by atoms with Gasteiger partial charge in [0.25, 0.3) is 0 Å². The topological polar surface area (TPSA) is 19.4 Å². The Morgan fingerprint density at radius 2 is 0.388 bits per heavy atom. The molecule has 23 aromatic carbocycles. The Morgan fingerprint density at radius 1 is 0.124 bits per heavy atom. The van der Waals surface area contributed by atoms with Crippen LogP contribution in [-0.2, 0) is 0 Å². The Morgan fingerprint density at radius 3 is 0.791 bits per heavy atom. The van der Waals surface area contributed by atoms with E-state index in [4.69, 9.17) is 0 Å². The maximum atomic E-state index is 2.31. The molecule has 129 heavy (non-hydrogen) atoms. The van der Waals surface area contributed by atoms with Crippen molar-refractivity contribution in [3.63, 3.8) is 0 Å². The number of rotatable bonds is 18. The largest absolute Gasteiger partial charge is 0.345 e. The van der Waals surface area contributed by atoms with Gasteiger partial charge in [-0.15, -0.1) is 0 Å². The van der Waals surface area contributed by atoms with Gasteiger partial charge in [0.2, 0.25) is 0 Å². The Balaban J connectivity index is 0.000000118. The minimum absolute atomic E-state index is 1.13. The molecule has 6 nitrogen and oxygen atoms in total. The van der Waals surface area contributed by atoms with Gasteiger partial charge in [0, 0.05) is 117 Å². The molecule has 0 aliphatic rings. The van der Waals surface area contributed by atoms with Crippen LogP contribution in [0, 0.1) is 0 Å². The molecule has 0 heterocycles. The van der Waals surface area contributed by atoms with Crippen molar-refractivity contribution in [2.24, 2.45) is 0 Å². The van der Waals surface area contributed by atoms with E-state index < -0.39 is 0 Å². The van der Waals surface area contributed by atoms with E-state index in [1.807, 2.05) is 0 Å². The smallest absolute Gasteiger partial charge is 0.0494 e. The first kappa shape index (κ1) is 79.4. The van der Waals surface area contributed by atoms with Crippen molar-refractivity contribution in [3.8, 4) is 33.4 Å². The highest BCUT2D eigenvalue weighted by molar-refractivity contribution is 6.34. The number of anilines is 15. The highest BCUT2D eigenvalue weighted by Crippen LogP contribution is 2.47. The molecular weight excluding hydrogens is 1560 g/mol. The van der Waals surface area contributed by atoms with Crippen LogP contribution in [0.15, 0.2) is 504 Å². The first-order valence-corrected chi connectivity index (χ1v) is 44.2. The lowest BCUT2D eigenvalue weighted by atomic mass is 9.89. The number of hydrogen-bond acceptors (Lipinski definition) is 6. The summed E-state index contributed by atoms with van der Waals surface area (Å²) >= 11 is 0. The van der Waals surface area contributed by atoms with Gasteiger partial charge in [-0.1, -0.05) is 322 Å². The summed E-state index contributed by atoms with van der Waals surface area (Å²) in [4.78, 5) is 13.7. The maximum absolute atomic E-state index is 2.31. The van der Waals surface area contributed by atoms with Crippen LogP contribution < -0.4 is 29.4 Å². The minimum atomic E-state index is 1.13. The lowest BCUT2D eigenvalue weighted by Crippen LogP contribution is -2.10. The van der Waals surface area contributed by atoms with Gasteiger partial charge < -0.3 is 29.4 Å². The average molecular weight is 1650 g/mol. The number of nitrogens with zero attached hydrogens (tertiary/aromatic N) is 6. The van der Waals surface area contributed by atoms with E-state index >= 15 is 0 Å². The quantitative estimate of drug-likeness (QED) is 0.0625. The second kappa shape index (κ2) is 35.4. The van der Waals surface area contributed by atoms with Gasteiger partial charge in [-0.25, -0.2) is 0 Å². The average Bonchev–Trinajstić information content (AvgIpc) is 0.716. The Bertz CT molecular complexity index is 7670. The van der Waals surface area contributed by atoms with Crippen LogP contribution in [0.5, 0.6) is 0 Å². The minimum Gasteiger partial charge on any atom is -0.345 e. The van der Waals surface area contributed by atoms with Crippen molar-refractivity contribution in [3.05, 3.63) is 504 Å². The summed E-state index contributed by atoms with van der Waals surface area (Å²) in [5.41, 5.74) is 24.5. The summed E-state index contributed by atoms with van der Waals surface area (Å²) < 4.78 is 0. The van der Waals surface area contributed by atoms with Crippen LogP contribution in [0.2, 0.25) is 0 Å². The number of hydrogen-bond donors (Lipinski definition) is 0. The zero-order valence-corrected chi connectivity index (χ0v) is 72.1. The predicted octanol–water partition coefficient (Wildman–Crippen LogP) is 34.4. The summed E-state index contributed by atoms with van der Waals surface area (Å²) in [7, 11) is 6.46. The SMILES string of the molecule is CN(c1ccc(-c2ccc(N(c3ccccc3)c3ccccc3)cc2)cc1)c1cc2ccccc2c2ccccc12.CN(c1ccc(-c2ccc(N(c3ccccc3)c3ccccc3)cc2)cc1)c1ccc2c3cccc4cccc(c5cccc1c52)c43.CN(c1ccc(-c2ccc(N(c3ccccc3)c3ccccc3)cc2)cc1)c1ccc2cc3ccccc3cc2c1. The maximum Gasteiger partial charge on any atom is 0.0494 e. The van der Waals surface area contributed by atoms with Crippen LogP contribution in [0.25, 0.3) is 120 Å². The molecule has 0 unspecified atom stereocenters. The fraction of sp³-hybridized carbons (Fsp3) is 0.0244. The standard InChI is InChI=1S/C45H32N2.2C39H30N2/c1-46(43-30-29-41-39-18-9-12-33-11-8-17-38(44(33)39)40-19-10-20-42(43)45(40)41)34-25-21-31(22-26-34)32-23-27-37(28-24-32)47(35-13-4-2-5-14-35)36-15-6-3-7-16-36;1-40(39-28-31-12-8-9-17-36(31)37-18-10-11-19-38(37)39)32-24-20-29(21-25-32)30-22-26-35(27-23-30)41(33-13-4-2-5-14-33)34-15-6-3-7-16-34;1-40(39-25-20-33-26-31-10-8-9-11-32(31)27-34(33)28-39)35-21-16-29(17-22-35)30-18-23-38(24-19-30)41(36-12-4-2-5-13-36)37-14-6-3-7-15-37/h2-30H,1H3;2*2-28H,1H3. The second-order valence-corrected chi connectivity index (χ2v) is 32.9. The second-order valence-electron chi connectivity index (χ2n) is 32.9. The third-order valence-electron chi connectivity index (χ3n) is 25.3. The molecule has 0 atom stereocenters. The molecule has 0 bridgehead atoms. The fourth-order valence-corrected chi connectivity index (χ4v) is 18.6. The zero-order chi connectivity index (χ0) is 86.5. The normalized spacial score (nSPS) is 11.2. The van der Waals surface area contributed by atoms with Gasteiger partial charge in [-0.3, -0.25) is 0 Å². The number of para-hydroxylation sites is 6. The Kier molecular flexibility index (Phi) is 21.8. The Hall–Kier alpha value is -16.8. The van der Waals surface area contributed by atoms with Crippen LogP contribution in [0.3, 0.4) is 0 Å². The van der Waals surface area contributed by atoms with Crippen LogP contribution >= 0.6 is 0 Å². The third-order valence-corrected chi connectivity index (χ3v) is 25.3. The van der Waals surface area contributed by atoms with E-state index in [1.54, 1.807) is 0 Å². The van der Waals surface area contributed by atoms with Crippen molar-refractivity contribution in [1.82, 2.24) is 0 Å². The molecule has 0 amide bonds. The molecule has 0 N–H and O–H groups in total. The van der Waals surface area contributed by atoms with Gasteiger partial charge >= 0.3 is 0 Å². The lowest BCUT2D eigenvalue weighted by molar-refractivity contribution is 1.21. The first-order chi connectivity index (χ1) is 63.7. The summed E-state index contributed by atoms with van der Waals surface area (Å²) in [6.07, 6.45) is 0. The summed E-state index contributed by atoms with van der Waals surface area (Å²) in [6, 6.07) is 180. The molecule has 0 radical (unpaired) electrons. The van der Waals surface area contributed by atoms with Crippen LogP contribution in [0.1, 0.15) is 0 Å². The van der Waals surface area contributed by atoms with Crippen molar-refractivity contribution in [2.75, 3.05) is 50.5 Å². The number of fused-ring (bicyclic) bond motifs is 7. The summed E-state index contributed by atoms with van der Waals surface area (Å²) in [5, 5.41) is 20.7. The molecule has 0 aromatic heterocycles. The monoisotopic (exact) mass is 1650 g/mol. The van der Waals surface area contributed by atoms with Crippen molar-refractivity contribution < 1.29 is 0 Å². The van der Waals surface area contributed by atoms with E-state index in [1.165, 1.54) is 137 Å².